The zero-order valence-electron chi connectivity index (χ0n) is 14.3. The quantitative estimate of drug-likeness (QED) is 0.492. The van der Waals surface area contributed by atoms with Crippen molar-refractivity contribution < 1.29 is 4.39 Å². The Bertz CT molecular complexity index is 1160. The van der Waals surface area contributed by atoms with E-state index in [1.807, 2.05) is 42.8 Å². The lowest BCUT2D eigenvalue weighted by Crippen LogP contribution is -1.97. The van der Waals surface area contributed by atoms with Gasteiger partial charge in [-0.25, -0.2) is 18.9 Å². The highest BCUT2D eigenvalue weighted by molar-refractivity contribution is 5.71. The standard InChI is InChI=1S/C19H15FN6/c1-11-8-21-12(2)18-23-16(24-26(11)18)7-6-14-10-25-9-13-4-3-5-15(20)17(13)19(25)22-14/h3-8,10H,9H2,1-2H3/b7-6+. The van der Waals surface area contributed by atoms with Crippen molar-refractivity contribution in [3.8, 4) is 11.4 Å². The molecule has 0 aliphatic carbocycles. The van der Waals surface area contributed by atoms with Gasteiger partial charge in [0.1, 0.15) is 11.6 Å². The van der Waals surface area contributed by atoms with Crippen LogP contribution in [-0.2, 0) is 6.54 Å². The van der Waals surface area contributed by atoms with E-state index in [0.29, 0.717) is 23.8 Å². The fourth-order valence-electron chi connectivity index (χ4n) is 3.31. The zero-order chi connectivity index (χ0) is 17.8. The molecule has 7 heteroatoms. The molecule has 0 fully saturated rings. The lowest BCUT2D eigenvalue weighted by Gasteiger charge is -1.98. The molecule has 0 radical (unpaired) electrons. The summed E-state index contributed by atoms with van der Waals surface area (Å²) in [6.45, 7) is 4.48. The number of fused-ring (bicyclic) bond motifs is 4. The molecule has 1 aliphatic rings. The van der Waals surface area contributed by atoms with E-state index in [-0.39, 0.29) is 5.82 Å². The summed E-state index contributed by atoms with van der Waals surface area (Å²) in [5, 5.41) is 4.49. The van der Waals surface area contributed by atoms with Crippen molar-refractivity contribution in [3.05, 3.63) is 64.9 Å². The highest BCUT2D eigenvalue weighted by Gasteiger charge is 2.23. The van der Waals surface area contributed by atoms with Crippen molar-refractivity contribution in [2.75, 3.05) is 0 Å². The maximum atomic E-state index is 14.1. The average molecular weight is 346 g/mol. The van der Waals surface area contributed by atoms with Gasteiger partial charge in [0, 0.05) is 18.9 Å². The molecule has 1 aromatic carbocycles. The third-order valence-electron chi connectivity index (χ3n) is 4.59. The van der Waals surface area contributed by atoms with Gasteiger partial charge in [0.25, 0.3) is 0 Å². The molecule has 0 unspecified atom stereocenters. The van der Waals surface area contributed by atoms with Crippen LogP contribution >= 0.6 is 0 Å². The highest BCUT2D eigenvalue weighted by atomic mass is 19.1. The third kappa shape index (κ3) is 2.17. The lowest BCUT2D eigenvalue weighted by molar-refractivity contribution is 0.630. The average Bonchev–Trinajstić information content (AvgIpc) is 3.29. The smallest absolute Gasteiger partial charge is 0.177 e. The van der Waals surface area contributed by atoms with Gasteiger partial charge in [-0.05, 0) is 37.6 Å². The maximum absolute atomic E-state index is 14.1. The van der Waals surface area contributed by atoms with Gasteiger partial charge in [0.05, 0.1) is 22.6 Å². The third-order valence-corrected chi connectivity index (χ3v) is 4.59. The van der Waals surface area contributed by atoms with Crippen molar-refractivity contribution in [3.63, 3.8) is 0 Å². The van der Waals surface area contributed by atoms with E-state index in [0.717, 1.165) is 28.3 Å². The van der Waals surface area contributed by atoms with Crippen molar-refractivity contribution in [2.45, 2.75) is 20.4 Å². The van der Waals surface area contributed by atoms with Crippen LogP contribution in [0, 0.1) is 19.7 Å². The van der Waals surface area contributed by atoms with E-state index >= 15 is 0 Å². The Morgan fingerprint density at radius 1 is 1.15 bits per heavy atom. The first-order valence-corrected chi connectivity index (χ1v) is 8.32. The van der Waals surface area contributed by atoms with E-state index in [4.69, 9.17) is 0 Å². The van der Waals surface area contributed by atoms with Gasteiger partial charge in [0.15, 0.2) is 11.5 Å². The molecule has 0 amide bonds. The number of benzene rings is 1. The number of halogens is 1. The Labute approximate surface area is 148 Å². The molecule has 0 spiro atoms. The predicted molar refractivity (Wildman–Crippen MR) is 95.9 cm³/mol. The molecule has 6 nitrogen and oxygen atoms in total. The molecule has 0 saturated carbocycles. The van der Waals surface area contributed by atoms with Crippen LogP contribution < -0.4 is 0 Å². The van der Waals surface area contributed by atoms with Crippen LogP contribution in [0.2, 0.25) is 0 Å². The molecule has 4 aromatic rings. The summed E-state index contributed by atoms with van der Waals surface area (Å²) in [4.78, 5) is 13.4. The number of aryl methyl sites for hydroxylation is 2. The molecule has 0 saturated heterocycles. The normalized spacial score (nSPS) is 12.9. The second-order valence-corrected chi connectivity index (χ2v) is 6.41. The summed E-state index contributed by atoms with van der Waals surface area (Å²) in [6, 6.07) is 5.13. The fourth-order valence-corrected chi connectivity index (χ4v) is 3.31. The first-order valence-electron chi connectivity index (χ1n) is 8.32. The molecule has 26 heavy (non-hydrogen) atoms. The molecule has 128 valence electrons. The molecule has 0 bridgehead atoms. The van der Waals surface area contributed by atoms with Gasteiger partial charge in [-0.2, -0.15) is 0 Å². The number of imidazole rings is 1. The number of aromatic nitrogens is 6. The summed E-state index contributed by atoms with van der Waals surface area (Å²) in [5.41, 5.74) is 4.80. The van der Waals surface area contributed by atoms with Crippen molar-refractivity contribution >= 4 is 17.8 Å². The maximum Gasteiger partial charge on any atom is 0.177 e. The van der Waals surface area contributed by atoms with Crippen LogP contribution in [0.5, 0.6) is 0 Å². The first kappa shape index (κ1) is 14.9. The highest BCUT2D eigenvalue weighted by Crippen LogP contribution is 2.33. The minimum Gasteiger partial charge on any atom is -0.326 e. The summed E-state index contributed by atoms with van der Waals surface area (Å²) >= 11 is 0. The fraction of sp³-hybridized carbons (Fsp3) is 0.158. The van der Waals surface area contributed by atoms with Crippen molar-refractivity contribution in [1.82, 2.24) is 29.1 Å². The van der Waals surface area contributed by atoms with Crippen LogP contribution in [-0.4, -0.2) is 29.1 Å². The largest absolute Gasteiger partial charge is 0.326 e. The van der Waals surface area contributed by atoms with Gasteiger partial charge in [-0.1, -0.05) is 12.1 Å². The van der Waals surface area contributed by atoms with Gasteiger partial charge in [-0.15, -0.1) is 5.10 Å². The monoisotopic (exact) mass is 346 g/mol. The van der Waals surface area contributed by atoms with Crippen LogP contribution in [0.15, 0.2) is 30.6 Å². The first-order chi connectivity index (χ1) is 12.6. The van der Waals surface area contributed by atoms with Gasteiger partial charge in [-0.3, -0.25) is 4.98 Å². The number of hydrogen-bond acceptors (Lipinski definition) is 4. The van der Waals surface area contributed by atoms with E-state index < -0.39 is 0 Å². The zero-order valence-corrected chi connectivity index (χ0v) is 14.3. The van der Waals surface area contributed by atoms with Crippen molar-refractivity contribution in [2.24, 2.45) is 0 Å². The molecular weight excluding hydrogens is 331 g/mol. The lowest BCUT2D eigenvalue weighted by atomic mass is 10.1. The minimum atomic E-state index is -0.233. The van der Waals surface area contributed by atoms with Crippen LogP contribution in [0.25, 0.3) is 29.2 Å². The number of rotatable bonds is 2. The second kappa shape index (κ2) is 5.32. The summed E-state index contributed by atoms with van der Waals surface area (Å²) in [6.07, 6.45) is 7.35. The van der Waals surface area contributed by atoms with Crippen LogP contribution in [0.1, 0.15) is 28.5 Å². The van der Waals surface area contributed by atoms with Crippen LogP contribution in [0.3, 0.4) is 0 Å². The molecule has 4 heterocycles. The van der Waals surface area contributed by atoms with Gasteiger partial charge in [0.2, 0.25) is 0 Å². The Balaban J connectivity index is 1.51. The van der Waals surface area contributed by atoms with Crippen molar-refractivity contribution in [1.29, 1.82) is 0 Å². The molecule has 3 aromatic heterocycles. The SMILES string of the molecule is Cc1ncc(C)n2nc(/C=C/c3cn4c(n3)-c3c(F)cccc3C4)nc12. The van der Waals surface area contributed by atoms with E-state index in [2.05, 4.69) is 20.1 Å². The molecule has 0 N–H and O–H groups in total. The Kier molecular flexibility index (Phi) is 3.06. The minimum absolute atomic E-state index is 0.233. The van der Waals surface area contributed by atoms with E-state index in [1.165, 1.54) is 6.07 Å². The number of nitrogens with zero attached hydrogens (tertiary/aromatic N) is 6. The summed E-state index contributed by atoms with van der Waals surface area (Å²) in [5.74, 6) is 1.02. The van der Waals surface area contributed by atoms with Crippen LogP contribution in [0.4, 0.5) is 4.39 Å². The molecule has 1 aliphatic heterocycles. The second-order valence-electron chi connectivity index (χ2n) is 6.41. The van der Waals surface area contributed by atoms with Gasteiger partial charge < -0.3 is 4.57 Å². The van der Waals surface area contributed by atoms with E-state index in [1.54, 1.807) is 16.8 Å². The Morgan fingerprint density at radius 3 is 2.88 bits per heavy atom. The summed E-state index contributed by atoms with van der Waals surface area (Å²) in [7, 11) is 0. The predicted octanol–water partition coefficient (Wildman–Crippen LogP) is 3.28. The molecule has 0 atom stereocenters. The Hall–Kier alpha value is -3.35. The Morgan fingerprint density at radius 2 is 2.04 bits per heavy atom. The molecular formula is C19H15FN6. The van der Waals surface area contributed by atoms with E-state index in [9.17, 15) is 4.39 Å². The summed E-state index contributed by atoms with van der Waals surface area (Å²) < 4.78 is 17.9. The molecule has 5 rings (SSSR count). The topological polar surface area (TPSA) is 60.9 Å². The number of hydrogen-bond donors (Lipinski definition) is 0. The van der Waals surface area contributed by atoms with Gasteiger partial charge >= 0.3 is 0 Å².